The standard InChI is InChI=1S/C30H35N3O4/c1-17(2)13-24-28(34)32-26(23-14-20-7-5-6-8-21(20)15-23)30(36)33(24)27(29(35)31-18(3)4)22-10-9-19-11-12-37-25(19)16-22/h5-12,16-18,23-24,26-27H,13-15H2,1-4H3,(H,31,35)(H,32,34)/t24-,26-,27-/m1/s1. The number of nitrogens with one attached hydrogen (secondary N) is 2. The number of carbonyl (C=O) groups is 3. The average Bonchev–Trinajstić information content (AvgIpc) is 3.49. The van der Waals surface area contributed by atoms with Crippen LogP contribution in [0, 0.1) is 11.8 Å². The van der Waals surface area contributed by atoms with Gasteiger partial charge in [0.2, 0.25) is 17.7 Å². The molecule has 2 heterocycles. The smallest absolute Gasteiger partial charge is 0.247 e. The van der Waals surface area contributed by atoms with E-state index in [9.17, 15) is 14.4 Å². The number of carbonyl (C=O) groups excluding carboxylic acids is 3. The van der Waals surface area contributed by atoms with Crippen molar-refractivity contribution in [3.63, 3.8) is 0 Å². The molecule has 3 aromatic rings. The first-order valence-electron chi connectivity index (χ1n) is 13.2. The highest BCUT2D eigenvalue weighted by atomic mass is 16.3. The third kappa shape index (κ3) is 4.87. The fraction of sp³-hybridized carbons (Fsp3) is 0.433. The summed E-state index contributed by atoms with van der Waals surface area (Å²) in [5, 5.41) is 6.96. The molecule has 3 amide bonds. The van der Waals surface area contributed by atoms with Crippen molar-refractivity contribution in [2.75, 3.05) is 0 Å². The predicted molar refractivity (Wildman–Crippen MR) is 142 cm³/mol. The summed E-state index contributed by atoms with van der Waals surface area (Å²) in [5.74, 6) is -0.606. The fourth-order valence-electron chi connectivity index (χ4n) is 5.82. The van der Waals surface area contributed by atoms with E-state index >= 15 is 0 Å². The van der Waals surface area contributed by atoms with Gasteiger partial charge < -0.3 is 20.0 Å². The molecule has 1 saturated heterocycles. The summed E-state index contributed by atoms with van der Waals surface area (Å²) in [6, 6.07) is 13.1. The quantitative estimate of drug-likeness (QED) is 0.509. The topological polar surface area (TPSA) is 91.7 Å². The van der Waals surface area contributed by atoms with E-state index in [1.807, 2.05) is 64.1 Å². The molecule has 37 heavy (non-hydrogen) atoms. The normalized spacial score (nSPS) is 21.0. The number of benzene rings is 2. The molecule has 194 valence electrons. The van der Waals surface area contributed by atoms with Crippen LogP contribution in [0.2, 0.25) is 0 Å². The lowest BCUT2D eigenvalue weighted by atomic mass is 9.87. The molecule has 1 aliphatic heterocycles. The Morgan fingerprint density at radius 2 is 1.76 bits per heavy atom. The number of fused-ring (bicyclic) bond motifs is 2. The molecule has 2 N–H and O–H groups in total. The zero-order chi connectivity index (χ0) is 26.3. The molecule has 3 atom stereocenters. The Morgan fingerprint density at radius 3 is 2.41 bits per heavy atom. The van der Waals surface area contributed by atoms with Gasteiger partial charge in [-0.15, -0.1) is 0 Å². The number of hydrogen-bond donors (Lipinski definition) is 2. The van der Waals surface area contributed by atoms with Gasteiger partial charge in [0.05, 0.1) is 6.26 Å². The minimum atomic E-state index is -0.953. The zero-order valence-electron chi connectivity index (χ0n) is 21.9. The first-order chi connectivity index (χ1) is 17.7. The Hall–Kier alpha value is -3.61. The molecule has 5 rings (SSSR count). The highest BCUT2D eigenvalue weighted by molar-refractivity contribution is 6.00. The predicted octanol–water partition coefficient (Wildman–Crippen LogP) is 4.16. The van der Waals surface area contributed by atoms with E-state index < -0.39 is 18.1 Å². The van der Waals surface area contributed by atoms with Gasteiger partial charge in [-0.2, -0.15) is 0 Å². The number of piperazine rings is 1. The maximum Gasteiger partial charge on any atom is 0.247 e. The Kier molecular flexibility index (Phi) is 6.80. The molecule has 1 fully saturated rings. The van der Waals surface area contributed by atoms with Crippen molar-refractivity contribution in [3.05, 3.63) is 71.5 Å². The molecule has 0 bridgehead atoms. The first-order valence-corrected chi connectivity index (χ1v) is 13.2. The molecule has 2 aromatic carbocycles. The van der Waals surface area contributed by atoms with Crippen LogP contribution < -0.4 is 10.6 Å². The van der Waals surface area contributed by atoms with Crippen LogP contribution in [0.5, 0.6) is 0 Å². The molecule has 0 unspecified atom stereocenters. The number of nitrogens with zero attached hydrogens (tertiary/aromatic N) is 1. The van der Waals surface area contributed by atoms with Crippen molar-refractivity contribution < 1.29 is 18.8 Å². The molecule has 0 spiro atoms. The molecule has 0 saturated carbocycles. The van der Waals surface area contributed by atoms with Gasteiger partial charge in [0.1, 0.15) is 23.7 Å². The second kappa shape index (κ2) is 10.0. The summed E-state index contributed by atoms with van der Waals surface area (Å²) in [5.41, 5.74) is 3.69. The summed E-state index contributed by atoms with van der Waals surface area (Å²) >= 11 is 0. The van der Waals surface area contributed by atoms with Gasteiger partial charge in [-0.05, 0) is 73.8 Å². The largest absolute Gasteiger partial charge is 0.464 e. The van der Waals surface area contributed by atoms with E-state index in [1.54, 1.807) is 11.2 Å². The number of furan rings is 1. The van der Waals surface area contributed by atoms with Crippen LogP contribution in [0.3, 0.4) is 0 Å². The third-order valence-corrected chi connectivity index (χ3v) is 7.46. The van der Waals surface area contributed by atoms with Gasteiger partial charge >= 0.3 is 0 Å². The lowest BCUT2D eigenvalue weighted by Gasteiger charge is -2.45. The number of rotatable bonds is 7. The minimum Gasteiger partial charge on any atom is -0.464 e. The Labute approximate surface area is 217 Å². The van der Waals surface area contributed by atoms with Gasteiger partial charge in [-0.25, -0.2) is 0 Å². The summed E-state index contributed by atoms with van der Waals surface area (Å²) in [6.07, 6.45) is 3.50. The zero-order valence-corrected chi connectivity index (χ0v) is 21.9. The van der Waals surface area contributed by atoms with Crippen molar-refractivity contribution in [1.82, 2.24) is 15.5 Å². The maximum absolute atomic E-state index is 14.3. The van der Waals surface area contributed by atoms with E-state index in [0.717, 1.165) is 18.2 Å². The Bertz CT molecular complexity index is 1300. The minimum absolute atomic E-state index is 0.0577. The summed E-state index contributed by atoms with van der Waals surface area (Å²) < 4.78 is 5.62. The van der Waals surface area contributed by atoms with Gasteiger partial charge in [0, 0.05) is 11.4 Å². The van der Waals surface area contributed by atoms with Gasteiger partial charge in [-0.3, -0.25) is 14.4 Å². The molecular weight excluding hydrogens is 466 g/mol. The highest BCUT2D eigenvalue weighted by Gasteiger charge is 2.49. The third-order valence-electron chi connectivity index (χ3n) is 7.46. The first kappa shape index (κ1) is 25.1. The fourth-order valence-corrected chi connectivity index (χ4v) is 5.82. The second-order valence-corrected chi connectivity index (χ2v) is 11.1. The van der Waals surface area contributed by atoms with Crippen LogP contribution in [0.1, 0.15) is 56.8 Å². The van der Waals surface area contributed by atoms with Crippen LogP contribution >= 0.6 is 0 Å². The van der Waals surface area contributed by atoms with Gasteiger partial charge in [0.25, 0.3) is 0 Å². The van der Waals surface area contributed by atoms with Crippen LogP contribution in [0.15, 0.2) is 59.2 Å². The van der Waals surface area contributed by atoms with Gasteiger partial charge in [0.15, 0.2) is 0 Å². The summed E-state index contributed by atoms with van der Waals surface area (Å²) in [4.78, 5) is 43.3. The van der Waals surface area contributed by atoms with E-state index in [0.29, 0.717) is 17.6 Å². The lowest BCUT2D eigenvalue weighted by Crippen LogP contribution is -2.67. The molecule has 1 aliphatic carbocycles. The van der Waals surface area contributed by atoms with Crippen LogP contribution in [-0.2, 0) is 27.2 Å². The molecule has 1 aromatic heterocycles. The molecule has 2 aliphatic rings. The van der Waals surface area contributed by atoms with E-state index in [1.165, 1.54) is 11.1 Å². The van der Waals surface area contributed by atoms with Crippen LogP contribution in [0.25, 0.3) is 11.0 Å². The SMILES string of the molecule is CC(C)C[C@@H]1C(=O)N[C@H](C2Cc3ccccc3C2)C(=O)N1[C@@H](C(=O)NC(C)C)c1ccc2ccoc2c1. The van der Waals surface area contributed by atoms with Crippen molar-refractivity contribution in [3.8, 4) is 0 Å². The van der Waals surface area contributed by atoms with Crippen molar-refractivity contribution in [1.29, 1.82) is 0 Å². The van der Waals surface area contributed by atoms with E-state index in [2.05, 4.69) is 22.8 Å². The highest BCUT2D eigenvalue weighted by Crippen LogP contribution is 2.36. The molecular formula is C30H35N3O4. The summed E-state index contributed by atoms with van der Waals surface area (Å²) in [7, 11) is 0. The van der Waals surface area contributed by atoms with Crippen LogP contribution in [0.4, 0.5) is 0 Å². The van der Waals surface area contributed by atoms with Gasteiger partial charge in [-0.1, -0.05) is 50.2 Å². The van der Waals surface area contributed by atoms with Crippen molar-refractivity contribution >= 4 is 28.7 Å². The Morgan fingerprint density at radius 1 is 1.05 bits per heavy atom. The average molecular weight is 502 g/mol. The lowest BCUT2D eigenvalue weighted by molar-refractivity contribution is -0.158. The van der Waals surface area contributed by atoms with E-state index in [-0.39, 0.29) is 35.6 Å². The van der Waals surface area contributed by atoms with Crippen molar-refractivity contribution in [2.24, 2.45) is 11.8 Å². The number of hydrogen-bond acceptors (Lipinski definition) is 4. The summed E-state index contributed by atoms with van der Waals surface area (Å²) in [6.45, 7) is 7.82. The number of amides is 3. The molecule has 7 heteroatoms. The molecule has 0 radical (unpaired) electrons. The Balaban J connectivity index is 1.57. The maximum atomic E-state index is 14.3. The van der Waals surface area contributed by atoms with Crippen LogP contribution in [-0.4, -0.2) is 40.7 Å². The second-order valence-electron chi connectivity index (χ2n) is 11.1. The monoisotopic (exact) mass is 501 g/mol. The molecule has 7 nitrogen and oxygen atoms in total. The van der Waals surface area contributed by atoms with Crippen molar-refractivity contribution in [2.45, 2.75) is 71.1 Å². The van der Waals surface area contributed by atoms with E-state index in [4.69, 9.17) is 4.42 Å².